The molecule has 2 N–H and O–H groups in total. The van der Waals surface area contributed by atoms with Gasteiger partial charge in [0.05, 0.1) is 88.8 Å². The minimum atomic E-state index is -1.11. The zero-order valence-electron chi connectivity index (χ0n) is 41.0. The molecule has 1 aliphatic heterocycles. The van der Waals surface area contributed by atoms with Crippen molar-refractivity contribution in [2.75, 3.05) is 106 Å². The Balaban J connectivity index is 0.000000217. The van der Waals surface area contributed by atoms with Gasteiger partial charge < -0.3 is 44.1 Å². The summed E-state index contributed by atoms with van der Waals surface area (Å²) in [5, 5.41) is 13.6. The Labute approximate surface area is 437 Å². The SMILES string of the molecule is CCN1CCN(Cc2cnc3c(C(=O)Nc4ccccn4)ccc(-c4c(Cl)c(OC)cc(OC)c4Cl)c3n2)CC1.COc1cc(OC)c(Cl)c(-c2ccc(C(=O)O)c3ncc(N(C)CCN(C)C)nc23)c1Cl. The molecule has 4 aromatic carbocycles. The first kappa shape index (κ1) is 53.5. The molecule has 17 nitrogen and oxygen atoms in total. The number of rotatable bonds is 16. The van der Waals surface area contributed by atoms with Crippen molar-refractivity contribution in [1.82, 2.24) is 39.6 Å². The predicted octanol–water partition coefficient (Wildman–Crippen LogP) is 9.72. The van der Waals surface area contributed by atoms with E-state index in [0.29, 0.717) is 102 Å². The first-order chi connectivity index (χ1) is 34.6. The van der Waals surface area contributed by atoms with E-state index in [1.807, 2.05) is 26.0 Å². The molecule has 0 atom stereocenters. The summed E-state index contributed by atoms with van der Waals surface area (Å²) in [5.74, 6) is 1.10. The molecule has 0 aliphatic carbocycles. The summed E-state index contributed by atoms with van der Waals surface area (Å²) in [4.78, 5) is 57.1. The molecule has 7 aromatic rings. The number of pyridine rings is 1. The maximum absolute atomic E-state index is 13.3. The van der Waals surface area contributed by atoms with Crippen molar-refractivity contribution < 1.29 is 33.6 Å². The highest BCUT2D eigenvalue weighted by molar-refractivity contribution is 6.42. The summed E-state index contributed by atoms with van der Waals surface area (Å²) >= 11 is 26.8. The minimum Gasteiger partial charge on any atom is -0.495 e. The van der Waals surface area contributed by atoms with Gasteiger partial charge in [0.15, 0.2) is 0 Å². The number of aromatic carboxylic acids is 1. The van der Waals surface area contributed by atoms with Crippen LogP contribution in [0.5, 0.6) is 23.0 Å². The number of methoxy groups -OCH3 is 4. The molecule has 8 rings (SSSR count). The molecule has 3 aromatic heterocycles. The number of amides is 1. The van der Waals surface area contributed by atoms with Crippen LogP contribution in [0.3, 0.4) is 0 Å². The van der Waals surface area contributed by atoms with E-state index in [0.717, 1.165) is 45.0 Å². The quantitative estimate of drug-likeness (QED) is 0.0933. The van der Waals surface area contributed by atoms with Crippen LogP contribution < -0.4 is 29.2 Å². The fourth-order valence-corrected chi connectivity index (χ4v) is 9.47. The van der Waals surface area contributed by atoms with Crippen LogP contribution in [0.25, 0.3) is 44.3 Å². The molecular weight excluding hydrogens is 1010 g/mol. The number of ether oxygens (including phenoxy) is 4. The summed E-state index contributed by atoms with van der Waals surface area (Å²) in [6, 6.07) is 15.1. The van der Waals surface area contributed by atoms with Crippen LogP contribution in [0.1, 0.15) is 33.3 Å². The Morgan fingerprint density at radius 1 is 0.653 bits per heavy atom. The third kappa shape index (κ3) is 11.6. The maximum Gasteiger partial charge on any atom is 0.337 e. The Hall–Kier alpha value is -6.31. The summed E-state index contributed by atoms with van der Waals surface area (Å²) < 4.78 is 21.8. The van der Waals surface area contributed by atoms with E-state index in [9.17, 15) is 14.7 Å². The molecule has 1 saturated heterocycles. The lowest BCUT2D eigenvalue weighted by molar-refractivity contribution is 0.0698. The van der Waals surface area contributed by atoms with E-state index in [2.05, 4.69) is 36.9 Å². The molecule has 4 heterocycles. The van der Waals surface area contributed by atoms with E-state index < -0.39 is 5.97 Å². The van der Waals surface area contributed by atoms with Gasteiger partial charge in [-0.3, -0.25) is 14.7 Å². The van der Waals surface area contributed by atoms with E-state index in [-0.39, 0.29) is 27.0 Å². The van der Waals surface area contributed by atoms with Gasteiger partial charge in [-0.1, -0.05) is 71.5 Å². The zero-order valence-corrected chi connectivity index (χ0v) is 44.0. The Kier molecular flexibility index (Phi) is 17.8. The van der Waals surface area contributed by atoms with Crippen LogP contribution in [0.15, 0.2) is 73.2 Å². The minimum absolute atomic E-state index is 0.0286. The average Bonchev–Trinajstić information content (AvgIpc) is 3.38. The van der Waals surface area contributed by atoms with Crippen molar-refractivity contribution in [2.45, 2.75) is 13.5 Å². The number of fused-ring (bicyclic) bond motifs is 2. The number of aromatic nitrogens is 5. The number of piperazine rings is 1. The number of carboxylic acids is 1. The largest absolute Gasteiger partial charge is 0.495 e. The smallest absolute Gasteiger partial charge is 0.337 e. The van der Waals surface area contributed by atoms with Gasteiger partial charge in [0.2, 0.25) is 0 Å². The van der Waals surface area contributed by atoms with Crippen LogP contribution >= 0.6 is 46.4 Å². The number of nitrogens with one attached hydrogen (secondary N) is 1. The fourth-order valence-electron chi connectivity index (χ4n) is 8.07. The second-order valence-electron chi connectivity index (χ2n) is 16.8. The molecule has 378 valence electrons. The van der Waals surface area contributed by atoms with E-state index in [4.69, 9.17) is 80.3 Å². The number of likely N-dealkylation sites (N-methyl/N-ethyl adjacent to an activating group) is 3. The van der Waals surface area contributed by atoms with Crippen molar-refractivity contribution in [3.63, 3.8) is 0 Å². The first-order valence-electron chi connectivity index (χ1n) is 22.7. The van der Waals surface area contributed by atoms with Gasteiger partial charge in [0, 0.05) is 93.4 Å². The summed E-state index contributed by atoms with van der Waals surface area (Å²) in [7, 11) is 11.9. The molecule has 0 radical (unpaired) electrons. The van der Waals surface area contributed by atoms with Crippen LogP contribution in [0.2, 0.25) is 20.1 Å². The van der Waals surface area contributed by atoms with Crippen LogP contribution in [-0.4, -0.2) is 152 Å². The average molecular weight is 1060 g/mol. The van der Waals surface area contributed by atoms with Crippen molar-refractivity contribution >= 4 is 92.0 Å². The number of nitrogens with zero attached hydrogens (tertiary/aromatic N) is 9. The normalized spacial score (nSPS) is 12.9. The van der Waals surface area contributed by atoms with Crippen molar-refractivity contribution in [1.29, 1.82) is 0 Å². The standard InChI is InChI=1S/C29H30Cl2N6O3.C22H24Cl2N4O4/c1-4-36-11-13-37(14-12-36)17-18-16-33-27-20(29(38)35-23-7-5-6-10-32-23)9-8-19(28(27)34-18)24-25(30)21(39-2)15-22(40-3)26(24)31;1-27(2)8-9-28(3)16-11-25-20-13(22(29)30)7-6-12(21(20)26-16)17-18(23)14(31-4)10-15(32-5)19(17)24/h5-10,15-16H,4,11-14,17H2,1-3H3,(H,32,35,38);6-7,10-11H,8-9H2,1-5H3,(H,29,30). The Morgan fingerprint density at radius 2 is 1.17 bits per heavy atom. The predicted molar refractivity (Wildman–Crippen MR) is 285 cm³/mol. The highest BCUT2D eigenvalue weighted by Gasteiger charge is 2.27. The fraction of sp³-hybridized carbons (Fsp3) is 0.314. The molecule has 72 heavy (non-hydrogen) atoms. The van der Waals surface area contributed by atoms with E-state index in [1.54, 1.807) is 67.1 Å². The second kappa shape index (κ2) is 23.9. The van der Waals surface area contributed by atoms with Crippen molar-refractivity contribution in [3.8, 4) is 45.3 Å². The van der Waals surface area contributed by atoms with Crippen LogP contribution in [0, 0.1) is 0 Å². The number of anilines is 2. The summed E-state index contributed by atoms with van der Waals surface area (Å²) in [6.07, 6.45) is 4.90. The first-order valence-corrected chi connectivity index (χ1v) is 24.2. The molecule has 0 spiro atoms. The van der Waals surface area contributed by atoms with Gasteiger partial charge in [-0.15, -0.1) is 0 Å². The number of benzene rings is 4. The molecule has 1 aliphatic rings. The number of halogens is 4. The molecular formula is C51H54Cl4N10O7. The van der Waals surface area contributed by atoms with Gasteiger partial charge in [0.25, 0.3) is 5.91 Å². The lowest BCUT2D eigenvalue weighted by Gasteiger charge is -2.33. The van der Waals surface area contributed by atoms with Crippen molar-refractivity contribution in [3.05, 3.63) is 110 Å². The maximum atomic E-state index is 13.3. The van der Waals surface area contributed by atoms with Crippen LogP contribution in [0.4, 0.5) is 11.6 Å². The van der Waals surface area contributed by atoms with Crippen LogP contribution in [-0.2, 0) is 6.54 Å². The van der Waals surface area contributed by atoms with E-state index >= 15 is 0 Å². The molecule has 0 unspecified atom stereocenters. The van der Waals surface area contributed by atoms with Gasteiger partial charge in [-0.2, -0.15) is 0 Å². The van der Waals surface area contributed by atoms with Gasteiger partial charge in [-0.25, -0.2) is 24.7 Å². The van der Waals surface area contributed by atoms with Crippen molar-refractivity contribution in [2.24, 2.45) is 0 Å². The second-order valence-corrected chi connectivity index (χ2v) is 18.3. The topological polar surface area (TPSA) is 181 Å². The number of carbonyl (C=O) groups is 2. The van der Waals surface area contributed by atoms with E-state index in [1.165, 1.54) is 34.5 Å². The highest BCUT2D eigenvalue weighted by Crippen LogP contribution is 2.49. The molecule has 1 fully saturated rings. The monoisotopic (exact) mass is 1060 g/mol. The van der Waals surface area contributed by atoms with Gasteiger partial charge in [0.1, 0.15) is 45.7 Å². The van der Waals surface area contributed by atoms with Gasteiger partial charge in [-0.05, 0) is 44.9 Å². The lowest BCUT2D eigenvalue weighted by Crippen LogP contribution is -2.45. The third-order valence-electron chi connectivity index (χ3n) is 12.1. The summed E-state index contributed by atoms with van der Waals surface area (Å²) in [6.45, 7) is 9.27. The van der Waals surface area contributed by atoms with Gasteiger partial charge >= 0.3 is 5.97 Å². The molecule has 1 amide bonds. The third-order valence-corrected chi connectivity index (χ3v) is 13.6. The number of carboxylic acid groups (broad SMARTS) is 1. The number of hydrogen-bond acceptors (Lipinski definition) is 15. The highest BCUT2D eigenvalue weighted by atomic mass is 35.5. The summed E-state index contributed by atoms with van der Waals surface area (Å²) in [5.41, 5.74) is 4.71. The molecule has 0 saturated carbocycles. The Morgan fingerprint density at radius 3 is 1.67 bits per heavy atom. The number of hydrogen-bond donors (Lipinski definition) is 2. The Bertz CT molecular complexity index is 3050. The number of carbonyl (C=O) groups excluding carboxylic acids is 1. The molecule has 21 heteroatoms. The lowest BCUT2D eigenvalue weighted by atomic mass is 9.99. The molecule has 0 bridgehead atoms. The zero-order chi connectivity index (χ0) is 51.8.